The van der Waals surface area contributed by atoms with E-state index in [2.05, 4.69) is 0 Å². The number of hydrogen-bond donors (Lipinski definition) is 2. The van der Waals surface area contributed by atoms with Crippen LogP contribution in [-0.4, -0.2) is 5.84 Å². The Morgan fingerprint density at radius 3 is 2.11 bits per heavy atom. The molecule has 0 unspecified atom stereocenters. The lowest BCUT2D eigenvalue weighted by Gasteiger charge is -2.07. The van der Waals surface area contributed by atoms with E-state index in [0.29, 0.717) is 9.92 Å². The average Bonchev–Trinajstić information content (AvgIpc) is 2.35. The summed E-state index contributed by atoms with van der Waals surface area (Å²) in [7, 11) is 0. The normalized spacial score (nSPS) is 10.5. The van der Waals surface area contributed by atoms with Gasteiger partial charge in [-0.3, -0.25) is 5.41 Å². The monoisotopic (exact) mass is 298 g/mol. The van der Waals surface area contributed by atoms with Crippen molar-refractivity contribution in [2.24, 2.45) is 5.73 Å². The maximum Gasteiger partial charge on any atom is 0.140 e. The van der Waals surface area contributed by atoms with Crippen molar-refractivity contribution >= 4 is 29.2 Å². The SMILES string of the molecule is N=C(N)c1cc(F)c(Sc2ccc(Cl)cc2)c(F)c1. The lowest BCUT2D eigenvalue weighted by atomic mass is 10.2. The Kier molecular flexibility index (Phi) is 4.07. The third kappa shape index (κ3) is 3.24. The third-order valence-corrected chi connectivity index (χ3v) is 3.70. The van der Waals surface area contributed by atoms with Gasteiger partial charge in [0.05, 0.1) is 4.90 Å². The fourth-order valence-electron chi connectivity index (χ4n) is 1.43. The topological polar surface area (TPSA) is 49.9 Å². The van der Waals surface area contributed by atoms with Crippen LogP contribution in [0.2, 0.25) is 5.02 Å². The zero-order valence-corrected chi connectivity index (χ0v) is 11.2. The number of rotatable bonds is 3. The first-order chi connectivity index (χ1) is 8.97. The van der Waals surface area contributed by atoms with E-state index in [9.17, 15) is 8.78 Å². The van der Waals surface area contributed by atoms with E-state index in [4.69, 9.17) is 22.7 Å². The third-order valence-electron chi connectivity index (χ3n) is 2.34. The summed E-state index contributed by atoms with van der Waals surface area (Å²) in [4.78, 5) is 0.532. The van der Waals surface area contributed by atoms with Gasteiger partial charge in [0.1, 0.15) is 17.5 Å². The molecule has 0 heterocycles. The van der Waals surface area contributed by atoms with Crippen LogP contribution in [0.15, 0.2) is 46.2 Å². The Morgan fingerprint density at radius 1 is 1.11 bits per heavy atom. The van der Waals surface area contributed by atoms with Crippen molar-refractivity contribution in [3.8, 4) is 0 Å². The van der Waals surface area contributed by atoms with Gasteiger partial charge in [-0.2, -0.15) is 0 Å². The summed E-state index contributed by atoms with van der Waals surface area (Å²) >= 11 is 6.69. The fourth-order valence-corrected chi connectivity index (χ4v) is 2.38. The molecule has 19 heavy (non-hydrogen) atoms. The fraction of sp³-hybridized carbons (Fsp3) is 0. The quantitative estimate of drug-likeness (QED) is 0.663. The Morgan fingerprint density at radius 2 is 1.63 bits per heavy atom. The van der Waals surface area contributed by atoms with E-state index in [1.807, 2.05) is 0 Å². The summed E-state index contributed by atoms with van der Waals surface area (Å²) in [5.41, 5.74) is 5.22. The van der Waals surface area contributed by atoms with Crippen LogP contribution in [0, 0.1) is 17.0 Å². The van der Waals surface area contributed by atoms with Crippen LogP contribution in [-0.2, 0) is 0 Å². The van der Waals surface area contributed by atoms with E-state index in [1.165, 1.54) is 0 Å². The number of nitrogen functional groups attached to an aromatic ring is 1. The maximum atomic E-state index is 13.8. The van der Waals surface area contributed by atoms with Gasteiger partial charge in [0, 0.05) is 15.5 Å². The molecule has 2 aromatic carbocycles. The highest BCUT2D eigenvalue weighted by Crippen LogP contribution is 2.33. The minimum absolute atomic E-state index is 0.0236. The molecule has 0 aliphatic rings. The summed E-state index contributed by atoms with van der Waals surface area (Å²) in [5.74, 6) is -1.86. The molecular weight excluding hydrogens is 290 g/mol. The Bertz CT molecular complexity index is 606. The molecule has 6 heteroatoms. The van der Waals surface area contributed by atoms with Gasteiger partial charge >= 0.3 is 0 Å². The van der Waals surface area contributed by atoms with Gasteiger partial charge in [0.2, 0.25) is 0 Å². The van der Waals surface area contributed by atoms with Crippen molar-refractivity contribution in [1.29, 1.82) is 5.41 Å². The molecule has 0 bridgehead atoms. The molecular formula is C13H9ClF2N2S. The number of benzene rings is 2. The molecule has 0 aromatic heterocycles. The smallest absolute Gasteiger partial charge is 0.140 e. The second-order valence-corrected chi connectivity index (χ2v) is 5.26. The highest BCUT2D eigenvalue weighted by Gasteiger charge is 2.13. The predicted octanol–water partition coefficient (Wildman–Crippen LogP) is 4.05. The molecule has 0 atom stereocenters. The van der Waals surface area contributed by atoms with Crippen LogP contribution in [0.3, 0.4) is 0 Å². The predicted molar refractivity (Wildman–Crippen MR) is 72.9 cm³/mol. The number of hydrogen-bond acceptors (Lipinski definition) is 2. The molecule has 98 valence electrons. The van der Waals surface area contributed by atoms with Gasteiger partial charge in [-0.05, 0) is 36.4 Å². The average molecular weight is 299 g/mol. The van der Waals surface area contributed by atoms with Crippen LogP contribution in [0.4, 0.5) is 8.78 Å². The van der Waals surface area contributed by atoms with Crippen molar-refractivity contribution < 1.29 is 8.78 Å². The zero-order chi connectivity index (χ0) is 14.0. The van der Waals surface area contributed by atoms with Crippen LogP contribution < -0.4 is 5.73 Å². The largest absolute Gasteiger partial charge is 0.384 e. The van der Waals surface area contributed by atoms with Gasteiger partial charge in [0.25, 0.3) is 0 Å². The minimum atomic E-state index is -0.745. The standard InChI is InChI=1S/C13H9ClF2N2S/c14-8-1-3-9(4-2-8)19-12-10(15)5-7(13(17)18)6-11(12)16/h1-6H,(H3,17,18). The van der Waals surface area contributed by atoms with E-state index in [1.54, 1.807) is 24.3 Å². The van der Waals surface area contributed by atoms with Gasteiger partial charge in [-0.15, -0.1) is 0 Å². The lowest BCUT2D eigenvalue weighted by Crippen LogP contribution is -2.12. The van der Waals surface area contributed by atoms with Crippen LogP contribution in [0.1, 0.15) is 5.56 Å². The molecule has 0 radical (unpaired) electrons. The molecule has 0 spiro atoms. The first kappa shape index (κ1) is 13.8. The summed E-state index contributed by atoms with van der Waals surface area (Å²) in [6, 6.07) is 8.72. The number of nitrogens with one attached hydrogen (secondary N) is 1. The van der Waals surface area contributed by atoms with E-state index in [-0.39, 0.29) is 16.3 Å². The molecule has 0 saturated heterocycles. The second-order valence-electron chi connectivity index (χ2n) is 3.74. The van der Waals surface area contributed by atoms with E-state index >= 15 is 0 Å². The molecule has 3 N–H and O–H groups in total. The molecule has 0 amide bonds. The number of amidine groups is 1. The van der Waals surface area contributed by atoms with Crippen molar-refractivity contribution in [3.05, 3.63) is 58.6 Å². The first-order valence-corrected chi connectivity index (χ1v) is 6.43. The second kappa shape index (κ2) is 5.59. The molecule has 0 aliphatic carbocycles. The number of halogens is 3. The summed E-state index contributed by atoms with van der Waals surface area (Å²) < 4.78 is 27.6. The van der Waals surface area contributed by atoms with Crippen molar-refractivity contribution in [1.82, 2.24) is 0 Å². The first-order valence-electron chi connectivity index (χ1n) is 5.24. The summed E-state index contributed by atoms with van der Waals surface area (Å²) in [5, 5.41) is 7.72. The molecule has 2 aromatic rings. The summed E-state index contributed by atoms with van der Waals surface area (Å²) in [6.07, 6.45) is 0. The van der Waals surface area contributed by atoms with E-state index < -0.39 is 11.6 Å². The van der Waals surface area contributed by atoms with Crippen LogP contribution in [0.5, 0.6) is 0 Å². The van der Waals surface area contributed by atoms with E-state index in [0.717, 1.165) is 23.9 Å². The van der Waals surface area contributed by atoms with Crippen LogP contribution in [0.25, 0.3) is 0 Å². The molecule has 2 rings (SSSR count). The van der Waals surface area contributed by atoms with Gasteiger partial charge in [-0.25, -0.2) is 8.78 Å². The van der Waals surface area contributed by atoms with Crippen molar-refractivity contribution in [2.45, 2.75) is 9.79 Å². The lowest BCUT2D eigenvalue weighted by molar-refractivity contribution is 0.540. The van der Waals surface area contributed by atoms with Gasteiger partial charge in [0.15, 0.2) is 0 Å². The Labute approximate surface area is 118 Å². The molecule has 0 aliphatic heterocycles. The van der Waals surface area contributed by atoms with Crippen molar-refractivity contribution in [3.63, 3.8) is 0 Å². The molecule has 0 fully saturated rings. The number of nitrogens with two attached hydrogens (primary N) is 1. The van der Waals surface area contributed by atoms with Gasteiger partial charge in [-0.1, -0.05) is 23.4 Å². The van der Waals surface area contributed by atoms with Crippen molar-refractivity contribution in [2.75, 3.05) is 0 Å². The molecule has 2 nitrogen and oxygen atoms in total. The Hall–Kier alpha value is -1.59. The van der Waals surface area contributed by atoms with Crippen LogP contribution >= 0.6 is 23.4 Å². The molecule has 0 saturated carbocycles. The minimum Gasteiger partial charge on any atom is -0.384 e. The van der Waals surface area contributed by atoms with Gasteiger partial charge < -0.3 is 5.73 Å². The highest BCUT2D eigenvalue weighted by atomic mass is 35.5. The summed E-state index contributed by atoms with van der Waals surface area (Å²) in [6.45, 7) is 0. The Balaban J connectivity index is 2.35. The maximum absolute atomic E-state index is 13.8. The highest BCUT2D eigenvalue weighted by molar-refractivity contribution is 7.99. The zero-order valence-electron chi connectivity index (χ0n) is 9.58.